The minimum atomic E-state index is 0.128. The van der Waals surface area contributed by atoms with Crippen LogP contribution in [0.3, 0.4) is 0 Å². The van der Waals surface area contributed by atoms with Gasteiger partial charge in [-0.25, -0.2) is 9.67 Å². The van der Waals surface area contributed by atoms with E-state index in [0.29, 0.717) is 0 Å². The predicted octanol–water partition coefficient (Wildman–Crippen LogP) is 2.29. The van der Waals surface area contributed by atoms with Gasteiger partial charge in [-0.3, -0.25) is 4.90 Å². The lowest BCUT2D eigenvalue weighted by Crippen LogP contribution is -2.42. The van der Waals surface area contributed by atoms with E-state index < -0.39 is 0 Å². The lowest BCUT2D eigenvalue weighted by atomic mass is 10.1. The lowest BCUT2D eigenvalue weighted by Gasteiger charge is -2.33. The van der Waals surface area contributed by atoms with Gasteiger partial charge in [-0.05, 0) is 27.3 Å². The molecule has 0 atom stereocenters. The minimum absolute atomic E-state index is 0.128. The molecule has 1 aromatic rings. The van der Waals surface area contributed by atoms with Crippen LogP contribution in [0.4, 0.5) is 0 Å². The van der Waals surface area contributed by atoms with E-state index in [1.807, 2.05) is 4.68 Å². The van der Waals surface area contributed by atoms with Gasteiger partial charge in [0.15, 0.2) is 0 Å². The monoisotopic (exact) mass is 288 g/mol. The molecule has 1 rings (SSSR count). The summed E-state index contributed by atoms with van der Waals surface area (Å²) in [5, 5.41) is 5.18. The van der Waals surface area contributed by atoms with Crippen LogP contribution in [0.1, 0.15) is 33.0 Å². The quantitative estimate of drug-likeness (QED) is 0.754. The number of aromatic nitrogens is 3. The standard InChI is InChI=1S/C11H21BrN4/c1-5-6-16-10(13-9-14-16)7-15(4)11(2,3)8-12/h9H,5-8H2,1-4H3. The molecule has 0 aliphatic heterocycles. The van der Waals surface area contributed by atoms with Crippen LogP contribution in [0, 0.1) is 0 Å². The van der Waals surface area contributed by atoms with Crippen molar-refractivity contribution in [2.45, 2.75) is 45.8 Å². The Labute approximate surface area is 106 Å². The molecule has 5 heteroatoms. The Kier molecular flexibility index (Phi) is 4.92. The van der Waals surface area contributed by atoms with Crippen molar-refractivity contribution < 1.29 is 0 Å². The Balaban J connectivity index is 2.69. The summed E-state index contributed by atoms with van der Waals surface area (Å²) in [6, 6.07) is 0. The van der Waals surface area contributed by atoms with Crippen LogP contribution in [0.5, 0.6) is 0 Å². The third-order valence-corrected chi connectivity index (χ3v) is 4.24. The first-order valence-electron chi connectivity index (χ1n) is 5.65. The predicted molar refractivity (Wildman–Crippen MR) is 69.7 cm³/mol. The van der Waals surface area contributed by atoms with E-state index in [1.165, 1.54) is 0 Å². The molecular formula is C11H21BrN4. The second-order valence-electron chi connectivity index (χ2n) is 4.70. The van der Waals surface area contributed by atoms with E-state index in [2.05, 4.69) is 58.7 Å². The van der Waals surface area contributed by atoms with Crippen LogP contribution in [0.2, 0.25) is 0 Å². The lowest BCUT2D eigenvalue weighted by molar-refractivity contribution is 0.166. The highest BCUT2D eigenvalue weighted by Crippen LogP contribution is 2.17. The zero-order valence-electron chi connectivity index (χ0n) is 10.6. The molecule has 4 nitrogen and oxygen atoms in total. The maximum absolute atomic E-state index is 4.32. The maximum Gasteiger partial charge on any atom is 0.141 e. The van der Waals surface area contributed by atoms with Gasteiger partial charge in [0.2, 0.25) is 0 Å². The van der Waals surface area contributed by atoms with Crippen molar-refractivity contribution >= 4 is 15.9 Å². The Morgan fingerprint density at radius 3 is 2.75 bits per heavy atom. The van der Waals surface area contributed by atoms with Crippen molar-refractivity contribution in [3.05, 3.63) is 12.2 Å². The van der Waals surface area contributed by atoms with Gasteiger partial charge in [0.05, 0.1) is 6.54 Å². The van der Waals surface area contributed by atoms with E-state index in [0.717, 1.165) is 30.7 Å². The van der Waals surface area contributed by atoms with Gasteiger partial charge in [0.1, 0.15) is 12.2 Å². The molecule has 0 radical (unpaired) electrons. The number of nitrogens with zero attached hydrogens (tertiary/aromatic N) is 4. The molecule has 0 saturated heterocycles. The summed E-state index contributed by atoms with van der Waals surface area (Å²) < 4.78 is 1.99. The molecule has 1 heterocycles. The largest absolute Gasteiger partial charge is 0.293 e. The smallest absolute Gasteiger partial charge is 0.141 e. The minimum Gasteiger partial charge on any atom is -0.293 e. The fraction of sp³-hybridized carbons (Fsp3) is 0.818. The summed E-state index contributed by atoms with van der Waals surface area (Å²) in [4.78, 5) is 6.61. The number of halogens is 1. The number of aryl methyl sites for hydroxylation is 1. The Morgan fingerprint density at radius 2 is 2.19 bits per heavy atom. The molecule has 0 N–H and O–H groups in total. The normalized spacial score (nSPS) is 12.4. The molecule has 0 saturated carbocycles. The molecule has 0 fully saturated rings. The highest BCUT2D eigenvalue weighted by atomic mass is 79.9. The van der Waals surface area contributed by atoms with E-state index in [9.17, 15) is 0 Å². The summed E-state index contributed by atoms with van der Waals surface area (Å²) in [5.41, 5.74) is 0.128. The van der Waals surface area contributed by atoms with E-state index >= 15 is 0 Å². The third-order valence-electron chi connectivity index (χ3n) is 2.87. The summed E-state index contributed by atoms with van der Waals surface area (Å²) in [6.07, 6.45) is 2.72. The highest BCUT2D eigenvalue weighted by Gasteiger charge is 2.23. The van der Waals surface area contributed by atoms with Crippen molar-refractivity contribution in [1.29, 1.82) is 0 Å². The maximum atomic E-state index is 4.32. The van der Waals surface area contributed by atoms with Gasteiger partial charge >= 0.3 is 0 Å². The third kappa shape index (κ3) is 3.28. The van der Waals surface area contributed by atoms with E-state index in [4.69, 9.17) is 0 Å². The van der Waals surface area contributed by atoms with Crippen LogP contribution in [0.25, 0.3) is 0 Å². The summed E-state index contributed by atoms with van der Waals surface area (Å²) >= 11 is 3.54. The van der Waals surface area contributed by atoms with Gasteiger partial charge < -0.3 is 0 Å². The molecule has 16 heavy (non-hydrogen) atoms. The van der Waals surface area contributed by atoms with Crippen molar-refractivity contribution in [2.24, 2.45) is 0 Å². The molecule has 0 bridgehead atoms. The van der Waals surface area contributed by atoms with Crippen molar-refractivity contribution in [1.82, 2.24) is 19.7 Å². The topological polar surface area (TPSA) is 34.0 Å². The fourth-order valence-electron chi connectivity index (χ4n) is 1.34. The van der Waals surface area contributed by atoms with Gasteiger partial charge in [-0.1, -0.05) is 22.9 Å². The van der Waals surface area contributed by atoms with Crippen LogP contribution in [-0.2, 0) is 13.1 Å². The fourth-order valence-corrected chi connectivity index (χ4v) is 1.77. The zero-order valence-corrected chi connectivity index (χ0v) is 12.2. The van der Waals surface area contributed by atoms with Gasteiger partial charge in [0, 0.05) is 17.4 Å². The average Bonchev–Trinajstić information content (AvgIpc) is 2.66. The summed E-state index contributed by atoms with van der Waals surface area (Å²) in [7, 11) is 2.12. The second kappa shape index (κ2) is 5.77. The van der Waals surface area contributed by atoms with Crippen molar-refractivity contribution in [3.63, 3.8) is 0 Å². The molecule has 0 amide bonds. The SMILES string of the molecule is CCCn1ncnc1CN(C)C(C)(C)CBr. The molecule has 0 aromatic carbocycles. The molecule has 92 valence electrons. The first kappa shape index (κ1) is 13.6. The number of hydrogen-bond donors (Lipinski definition) is 0. The van der Waals surface area contributed by atoms with Crippen LogP contribution < -0.4 is 0 Å². The first-order valence-corrected chi connectivity index (χ1v) is 6.77. The highest BCUT2D eigenvalue weighted by molar-refractivity contribution is 9.09. The number of rotatable bonds is 6. The molecule has 0 aliphatic rings. The molecule has 0 unspecified atom stereocenters. The molecule has 0 spiro atoms. The summed E-state index contributed by atoms with van der Waals surface area (Å²) in [6.45, 7) is 8.35. The Hall–Kier alpha value is -0.420. The van der Waals surface area contributed by atoms with Gasteiger partial charge in [-0.2, -0.15) is 5.10 Å². The molecule has 1 aromatic heterocycles. The first-order chi connectivity index (χ1) is 7.51. The Morgan fingerprint density at radius 1 is 1.50 bits per heavy atom. The molecular weight excluding hydrogens is 268 g/mol. The summed E-state index contributed by atoms with van der Waals surface area (Å²) in [5.74, 6) is 1.04. The van der Waals surface area contributed by atoms with Gasteiger partial charge in [-0.15, -0.1) is 0 Å². The number of hydrogen-bond acceptors (Lipinski definition) is 3. The van der Waals surface area contributed by atoms with Gasteiger partial charge in [0.25, 0.3) is 0 Å². The van der Waals surface area contributed by atoms with Crippen LogP contribution in [-0.4, -0.2) is 37.6 Å². The van der Waals surface area contributed by atoms with E-state index in [-0.39, 0.29) is 5.54 Å². The number of alkyl halides is 1. The molecule has 0 aliphatic carbocycles. The zero-order chi connectivity index (χ0) is 12.2. The van der Waals surface area contributed by atoms with E-state index in [1.54, 1.807) is 6.33 Å². The van der Waals surface area contributed by atoms with Crippen LogP contribution >= 0.6 is 15.9 Å². The van der Waals surface area contributed by atoms with Crippen LogP contribution in [0.15, 0.2) is 6.33 Å². The van der Waals surface area contributed by atoms with Crippen molar-refractivity contribution in [2.75, 3.05) is 12.4 Å². The Bertz CT molecular complexity index is 322. The second-order valence-corrected chi connectivity index (χ2v) is 5.26. The average molecular weight is 289 g/mol. The van der Waals surface area contributed by atoms with Crippen molar-refractivity contribution in [3.8, 4) is 0 Å².